The summed E-state index contributed by atoms with van der Waals surface area (Å²) in [5.41, 5.74) is 2.40. The molecule has 1 heterocycles. The molecule has 0 atom stereocenters. The fraction of sp³-hybridized carbons (Fsp3) is 0.312. The molecule has 3 nitrogen and oxygen atoms in total. The molecule has 1 aromatic heterocycles. The van der Waals surface area contributed by atoms with E-state index in [1.807, 2.05) is 36.7 Å². The first-order valence-corrected chi connectivity index (χ1v) is 7.59. The second-order valence-electron chi connectivity index (χ2n) is 4.56. The lowest BCUT2D eigenvalue weighted by molar-refractivity contribution is 0.313. The Kier molecular flexibility index (Phi) is 6.02. The van der Waals surface area contributed by atoms with E-state index in [9.17, 15) is 0 Å². The number of aromatic nitrogens is 1. The molecule has 0 unspecified atom stereocenters. The highest BCUT2D eigenvalue weighted by atomic mass is 79.9. The molecule has 1 aromatic carbocycles. The summed E-state index contributed by atoms with van der Waals surface area (Å²) in [6.45, 7) is 4.46. The van der Waals surface area contributed by atoms with E-state index in [1.54, 1.807) is 0 Å². The van der Waals surface area contributed by atoms with Gasteiger partial charge in [-0.3, -0.25) is 4.98 Å². The van der Waals surface area contributed by atoms with Crippen molar-refractivity contribution >= 4 is 15.9 Å². The predicted molar refractivity (Wildman–Crippen MR) is 84.7 cm³/mol. The van der Waals surface area contributed by atoms with Crippen molar-refractivity contribution in [2.45, 2.75) is 26.4 Å². The Morgan fingerprint density at radius 3 is 2.70 bits per heavy atom. The molecule has 0 aliphatic heterocycles. The van der Waals surface area contributed by atoms with Gasteiger partial charge in [0.1, 0.15) is 5.75 Å². The van der Waals surface area contributed by atoms with Gasteiger partial charge in [0.25, 0.3) is 0 Å². The standard InChI is InChI=1S/C16H19BrN2O/c1-2-9-20-16-4-3-15(17)10-14(16)12-19-11-13-5-7-18-8-6-13/h3-8,10,19H,2,9,11-12H2,1H3. The van der Waals surface area contributed by atoms with Crippen LogP contribution in [0.1, 0.15) is 24.5 Å². The SMILES string of the molecule is CCCOc1ccc(Br)cc1CNCc1ccncc1. The van der Waals surface area contributed by atoms with Gasteiger partial charge in [-0.2, -0.15) is 0 Å². The van der Waals surface area contributed by atoms with Crippen molar-refractivity contribution in [2.75, 3.05) is 6.61 Å². The largest absolute Gasteiger partial charge is 0.493 e. The van der Waals surface area contributed by atoms with Crippen molar-refractivity contribution in [3.8, 4) is 5.75 Å². The summed E-state index contributed by atoms with van der Waals surface area (Å²) in [5.74, 6) is 0.956. The number of nitrogens with zero attached hydrogens (tertiary/aromatic N) is 1. The molecule has 0 saturated carbocycles. The molecule has 0 aliphatic carbocycles. The minimum atomic E-state index is 0.749. The zero-order chi connectivity index (χ0) is 14.2. The van der Waals surface area contributed by atoms with Gasteiger partial charge >= 0.3 is 0 Å². The van der Waals surface area contributed by atoms with Crippen LogP contribution < -0.4 is 10.1 Å². The lowest BCUT2D eigenvalue weighted by Crippen LogP contribution is -2.13. The van der Waals surface area contributed by atoms with Gasteiger partial charge in [0, 0.05) is 35.5 Å². The normalized spacial score (nSPS) is 10.5. The number of rotatable bonds is 7. The van der Waals surface area contributed by atoms with Crippen molar-refractivity contribution in [2.24, 2.45) is 0 Å². The molecular formula is C16H19BrN2O. The summed E-state index contributed by atoms with van der Waals surface area (Å²) in [6, 6.07) is 10.2. The number of benzene rings is 1. The van der Waals surface area contributed by atoms with Gasteiger partial charge in [0.15, 0.2) is 0 Å². The Labute approximate surface area is 128 Å². The minimum Gasteiger partial charge on any atom is -0.493 e. The Morgan fingerprint density at radius 1 is 1.15 bits per heavy atom. The topological polar surface area (TPSA) is 34.1 Å². The smallest absolute Gasteiger partial charge is 0.123 e. The fourth-order valence-corrected chi connectivity index (χ4v) is 2.29. The van der Waals surface area contributed by atoms with E-state index in [-0.39, 0.29) is 0 Å². The van der Waals surface area contributed by atoms with Crippen LogP contribution in [-0.4, -0.2) is 11.6 Å². The average Bonchev–Trinajstić information content (AvgIpc) is 2.47. The van der Waals surface area contributed by atoms with Crippen LogP contribution in [-0.2, 0) is 13.1 Å². The molecule has 106 valence electrons. The molecular weight excluding hydrogens is 316 g/mol. The van der Waals surface area contributed by atoms with Crippen molar-refractivity contribution in [3.63, 3.8) is 0 Å². The molecule has 0 spiro atoms. The molecule has 1 N–H and O–H groups in total. The summed E-state index contributed by atoms with van der Waals surface area (Å²) in [4.78, 5) is 4.02. The molecule has 0 fully saturated rings. The van der Waals surface area contributed by atoms with Crippen LogP contribution in [0.15, 0.2) is 47.2 Å². The number of hydrogen-bond acceptors (Lipinski definition) is 3. The quantitative estimate of drug-likeness (QED) is 0.833. The van der Waals surface area contributed by atoms with Gasteiger partial charge < -0.3 is 10.1 Å². The van der Waals surface area contributed by atoms with E-state index in [0.29, 0.717) is 0 Å². The average molecular weight is 335 g/mol. The number of nitrogens with one attached hydrogen (secondary N) is 1. The second-order valence-corrected chi connectivity index (χ2v) is 5.48. The number of hydrogen-bond donors (Lipinski definition) is 1. The highest BCUT2D eigenvalue weighted by Crippen LogP contribution is 2.23. The van der Waals surface area contributed by atoms with Gasteiger partial charge in [0.2, 0.25) is 0 Å². The van der Waals surface area contributed by atoms with Crippen LogP contribution >= 0.6 is 15.9 Å². The first-order chi connectivity index (χ1) is 9.79. The Hall–Kier alpha value is -1.39. The summed E-state index contributed by atoms with van der Waals surface area (Å²) < 4.78 is 6.84. The number of halogens is 1. The van der Waals surface area contributed by atoms with Crippen molar-refractivity contribution in [1.29, 1.82) is 0 Å². The lowest BCUT2D eigenvalue weighted by Gasteiger charge is -2.12. The van der Waals surface area contributed by atoms with E-state index < -0.39 is 0 Å². The molecule has 2 rings (SSSR count). The van der Waals surface area contributed by atoms with Crippen LogP contribution in [0.25, 0.3) is 0 Å². The first-order valence-electron chi connectivity index (χ1n) is 6.80. The molecule has 0 aliphatic rings. The zero-order valence-electron chi connectivity index (χ0n) is 11.6. The monoisotopic (exact) mass is 334 g/mol. The molecule has 2 aromatic rings. The van der Waals surface area contributed by atoms with E-state index in [1.165, 1.54) is 11.1 Å². The molecule has 4 heteroatoms. The minimum absolute atomic E-state index is 0.749. The summed E-state index contributed by atoms with van der Waals surface area (Å²) in [7, 11) is 0. The maximum atomic E-state index is 5.77. The van der Waals surface area contributed by atoms with E-state index in [2.05, 4.69) is 39.2 Å². The van der Waals surface area contributed by atoms with Gasteiger partial charge in [-0.1, -0.05) is 22.9 Å². The Balaban J connectivity index is 1.95. The summed E-state index contributed by atoms with van der Waals surface area (Å²) in [6.07, 6.45) is 4.64. The van der Waals surface area contributed by atoms with E-state index >= 15 is 0 Å². The maximum absolute atomic E-state index is 5.77. The predicted octanol–water partition coefficient (Wildman–Crippen LogP) is 3.92. The molecule has 0 amide bonds. The van der Waals surface area contributed by atoms with Crippen LogP contribution in [0, 0.1) is 0 Å². The zero-order valence-corrected chi connectivity index (χ0v) is 13.2. The summed E-state index contributed by atoms with van der Waals surface area (Å²) >= 11 is 3.51. The highest BCUT2D eigenvalue weighted by Gasteiger charge is 2.04. The van der Waals surface area contributed by atoms with E-state index in [0.717, 1.165) is 36.3 Å². The van der Waals surface area contributed by atoms with E-state index in [4.69, 9.17) is 4.74 Å². The second kappa shape index (κ2) is 8.02. The molecule has 0 saturated heterocycles. The van der Waals surface area contributed by atoms with Gasteiger partial charge in [-0.25, -0.2) is 0 Å². The number of pyridine rings is 1. The van der Waals surface area contributed by atoms with Crippen LogP contribution in [0.4, 0.5) is 0 Å². The molecule has 0 bridgehead atoms. The maximum Gasteiger partial charge on any atom is 0.123 e. The van der Waals surface area contributed by atoms with Crippen molar-refractivity contribution in [3.05, 3.63) is 58.3 Å². The molecule has 0 radical (unpaired) electrons. The third-order valence-electron chi connectivity index (χ3n) is 2.88. The van der Waals surface area contributed by atoms with Crippen LogP contribution in [0.5, 0.6) is 5.75 Å². The summed E-state index contributed by atoms with van der Waals surface area (Å²) in [5, 5.41) is 3.43. The Bertz CT molecular complexity index is 531. The Morgan fingerprint density at radius 2 is 1.95 bits per heavy atom. The van der Waals surface area contributed by atoms with Gasteiger partial charge in [-0.15, -0.1) is 0 Å². The third kappa shape index (κ3) is 4.62. The fourth-order valence-electron chi connectivity index (χ4n) is 1.88. The van der Waals surface area contributed by atoms with Gasteiger partial charge in [-0.05, 0) is 42.3 Å². The lowest BCUT2D eigenvalue weighted by atomic mass is 10.2. The molecule has 20 heavy (non-hydrogen) atoms. The highest BCUT2D eigenvalue weighted by molar-refractivity contribution is 9.10. The van der Waals surface area contributed by atoms with Crippen molar-refractivity contribution in [1.82, 2.24) is 10.3 Å². The number of ether oxygens (including phenoxy) is 1. The third-order valence-corrected chi connectivity index (χ3v) is 3.37. The van der Waals surface area contributed by atoms with Crippen LogP contribution in [0.2, 0.25) is 0 Å². The first kappa shape index (κ1) is 15.0. The van der Waals surface area contributed by atoms with Crippen molar-refractivity contribution < 1.29 is 4.74 Å². The van der Waals surface area contributed by atoms with Gasteiger partial charge in [0.05, 0.1) is 6.61 Å². The van der Waals surface area contributed by atoms with Crippen LogP contribution in [0.3, 0.4) is 0 Å².